The third kappa shape index (κ3) is 3.18. The summed E-state index contributed by atoms with van der Waals surface area (Å²) in [5, 5.41) is 0. The van der Waals surface area contributed by atoms with Gasteiger partial charge in [-0.2, -0.15) is 0 Å². The van der Waals surface area contributed by atoms with Gasteiger partial charge in [0, 0.05) is 0 Å². The molecule has 0 amide bonds. The van der Waals surface area contributed by atoms with Crippen LogP contribution in [0.15, 0.2) is 30.3 Å². The first-order valence-corrected chi connectivity index (χ1v) is 11.0. The molecular weight excluding hydrogens is 295 g/mol. The van der Waals surface area contributed by atoms with Gasteiger partial charge in [0.25, 0.3) is 0 Å². The standard InChI is InChI=1S/C18H29O3P/c19-22(20,17-12-6-2-7-13-17,18-14-8-3-9-15-18)21-16-10-4-1-5-11-16/h1,4-5,10-11,17-20H,2-3,6-9,12-15H2. The zero-order valence-corrected chi connectivity index (χ0v) is 14.3. The summed E-state index contributed by atoms with van der Waals surface area (Å²) in [4.78, 5) is 23.3. The first-order valence-electron chi connectivity index (χ1n) is 8.85. The van der Waals surface area contributed by atoms with E-state index in [1.807, 2.05) is 30.3 Å². The Kier molecular flexibility index (Phi) is 4.77. The zero-order valence-electron chi connectivity index (χ0n) is 13.4. The Morgan fingerprint density at radius 2 is 1.18 bits per heavy atom. The molecule has 2 N–H and O–H groups in total. The van der Waals surface area contributed by atoms with E-state index in [0.29, 0.717) is 5.75 Å². The predicted octanol–water partition coefficient (Wildman–Crippen LogP) is 5.01. The van der Waals surface area contributed by atoms with E-state index < -0.39 is 7.28 Å². The van der Waals surface area contributed by atoms with Crippen LogP contribution in [0.1, 0.15) is 64.2 Å². The van der Waals surface area contributed by atoms with E-state index in [-0.39, 0.29) is 11.3 Å². The van der Waals surface area contributed by atoms with Crippen LogP contribution in [-0.4, -0.2) is 21.1 Å². The van der Waals surface area contributed by atoms with Crippen LogP contribution in [0.3, 0.4) is 0 Å². The number of hydrogen-bond acceptors (Lipinski definition) is 3. The van der Waals surface area contributed by atoms with Crippen molar-refractivity contribution in [1.82, 2.24) is 0 Å². The van der Waals surface area contributed by atoms with E-state index in [4.69, 9.17) is 4.52 Å². The summed E-state index contributed by atoms with van der Waals surface area (Å²) < 4.78 is 6.11. The Morgan fingerprint density at radius 1 is 0.727 bits per heavy atom. The van der Waals surface area contributed by atoms with Gasteiger partial charge in [-0.1, -0.05) is 0 Å². The van der Waals surface area contributed by atoms with E-state index in [9.17, 15) is 9.79 Å². The van der Waals surface area contributed by atoms with Crippen LogP contribution >= 0.6 is 7.28 Å². The van der Waals surface area contributed by atoms with Crippen molar-refractivity contribution >= 4 is 7.28 Å². The molecule has 124 valence electrons. The molecule has 3 rings (SSSR count). The summed E-state index contributed by atoms with van der Waals surface area (Å²) in [5.74, 6) is 0.612. The molecule has 0 atom stereocenters. The van der Waals surface area contributed by atoms with Crippen molar-refractivity contribution in [3.8, 4) is 5.75 Å². The Labute approximate surface area is 133 Å². The van der Waals surface area contributed by atoms with Crippen LogP contribution in [-0.2, 0) is 0 Å². The maximum atomic E-state index is 11.6. The molecular formula is C18H29O3P. The van der Waals surface area contributed by atoms with Gasteiger partial charge in [0.1, 0.15) is 0 Å². The number of hydrogen-bond donors (Lipinski definition) is 2. The molecule has 0 saturated heterocycles. The van der Waals surface area contributed by atoms with Gasteiger partial charge < -0.3 is 0 Å². The van der Waals surface area contributed by atoms with Gasteiger partial charge >= 0.3 is 133 Å². The van der Waals surface area contributed by atoms with E-state index in [1.54, 1.807) is 0 Å². The summed E-state index contributed by atoms with van der Waals surface area (Å²) in [7, 11) is -4.18. The minimum atomic E-state index is -4.18. The number of para-hydroxylation sites is 1. The molecule has 2 aliphatic rings. The van der Waals surface area contributed by atoms with Gasteiger partial charge in [0.15, 0.2) is 0 Å². The van der Waals surface area contributed by atoms with Crippen LogP contribution in [0.25, 0.3) is 0 Å². The fourth-order valence-corrected chi connectivity index (χ4v) is 8.40. The van der Waals surface area contributed by atoms with Gasteiger partial charge in [-0.05, 0) is 0 Å². The van der Waals surface area contributed by atoms with Crippen molar-refractivity contribution < 1.29 is 14.3 Å². The first kappa shape index (κ1) is 16.2. The maximum absolute atomic E-state index is 11.6. The Hall–Kier alpha value is -0.630. The average Bonchev–Trinajstić information content (AvgIpc) is 2.57. The quantitative estimate of drug-likeness (QED) is 0.765. The summed E-state index contributed by atoms with van der Waals surface area (Å²) in [6.45, 7) is 0. The Morgan fingerprint density at radius 3 is 1.64 bits per heavy atom. The van der Waals surface area contributed by atoms with Gasteiger partial charge in [-0.3, -0.25) is 0 Å². The fraction of sp³-hybridized carbons (Fsp3) is 0.667. The third-order valence-corrected chi connectivity index (χ3v) is 9.92. The summed E-state index contributed by atoms with van der Waals surface area (Å²) in [6, 6.07) is 9.42. The van der Waals surface area contributed by atoms with Crippen molar-refractivity contribution in [2.45, 2.75) is 75.5 Å². The van der Waals surface area contributed by atoms with Crippen molar-refractivity contribution in [3.05, 3.63) is 30.3 Å². The molecule has 0 unspecified atom stereocenters. The van der Waals surface area contributed by atoms with Crippen LogP contribution in [0.4, 0.5) is 0 Å². The topological polar surface area (TPSA) is 49.7 Å². The molecule has 1 aromatic rings. The molecule has 2 aliphatic carbocycles. The molecule has 4 heteroatoms. The molecule has 1 aromatic carbocycles. The molecule has 2 saturated carbocycles. The molecule has 0 aromatic heterocycles. The second-order valence-corrected chi connectivity index (χ2v) is 10.9. The van der Waals surface area contributed by atoms with Crippen LogP contribution < -0.4 is 4.52 Å². The number of benzene rings is 1. The third-order valence-electron chi connectivity index (χ3n) is 5.56. The number of rotatable bonds is 4. The van der Waals surface area contributed by atoms with Crippen LogP contribution in [0, 0.1) is 0 Å². The van der Waals surface area contributed by atoms with E-state index in [0.717, 1.165) is 51.4 Å². The second-order valence-electron chi connectivity index (χ2n) is 7.06. The first-order chi connectivity index (χ1) is 10.6. The van der Waals surface area contributed by atoms with Gasteiger partial charge in [-0.25, -0.2) is 0 Å². The summed E-state index contributed by atoms with van der Waals surface area (Å²) >= 11 is 0. The monoisotopic (exact) mass is 324 g/mol. The second kappa shape index (κ2) is 6.47. The normalized spacial score (nSPS) is 23.6. The van der Waals surface area contributed by atoms with Crippen molar-refractivity contribution in [1.29, 1.82) is 0 Å². The molecule has 0 radical (unpaired) electrons. The predicted molar refractivity (Wildman–Crippen MR) is 92.2 cm³/mol. The van der Waals surface area contributed by atoms with Gasteiger partial charge in [0.2, 0.25) is 0 Å². The van der Waals surface area contributed by atoms with Crippen molar-refractivity contribution in [3.63, 3.8) is 0 Å². The molecule has 3 nitrogen and oxygen atoms in total. The van der Waals surface area contributed by atoms with Gasteiger partial charge in [-0.15, -0.1) is 0 Å². The van der Waals surface area contributed by atoms with Crippen LogP contribution in [0.2, 0.25) is 0 Å². The van der Waals surface area contributed by atoms with E-state index >= 15 is 0 Å². The zero-order chi connectivity index (χ0) is 15.5. The molecule has 0 spiro atoms. The van der Waals surface area contributed by atoms with E-state index in [1.165, 1.54) is 12.8 Å². The Balaban J connectivity index is 1.92. The molecule has 0 heterocycles. The molecule has 22 heavy (non-hydrogen) atoms. The molecule has 0 aliphatic heterocycles. The SMILES string of the molecule is OP(O)(Oc1ccccc1)(C1CCCCC1)C1CCCCC1. The van der Waals surface area contributed by atoms with Crippen molar-refractivity contribution in [2.75, 3.05) is 0 Å². The summed E-state index contributed by atoms with van der Waals surface area (Å²) in [5.41, 5.74) is -0.133. The molecule has 2 fully saturated rings. The Bertz CT molecular complexity index is 454. The average molecular weight is 324 g/mol. The van der Waals surface area contributed by atoms with E-state index in [2.05, 4.69) is 0 Å². The van der Waals surface area contributed by atoms with Gasteiger partial charge in [0.05, 0.1) is 0 Å². The minimum absolute atomic E-state index is 0.0666. The fourth-order valence-electron chi connectivity index (χ4n) is 4.28. The summed E-state index contributed by atoms with van der Waals surface area (Å²) in [6.07, 6.45) is 10.4. The van der Waals surface area contributed by atoms with Crippen LogP contribution in [0.5, 0.6) is 5.75 Å². The van der Waals surface area contributed by atoms with Crippen molar-refractivity contribution in [2.24, 2.45) is 0 Å². The molecule has 0 bridgehead atoms.